The van der Waals surface area contributed by atoms with Crippen LogP contribution >= 0.6 is 11.8 Å². The number of guanidine groups is 1. The first-order chi connectivity index (χ1) is 13.3. The standard InChI is InChI=1S/C20H32FN3O2S/c1-2-22-20(23-9-5-11-25-14-17-8-12-26-15-17)24-10-13-27-16-18-6-3-4-7-19(18)21/h3-4,6-7,17H,2,5,8-16H2,1H3,(H2,22,23,24). The molecule has 1 aromatic carbocycles. The molecule has 27 heavy (non-hydrogen) atoms. The molecule has 0 aliphatic carbocycles. The van der Waals surface area contributed by atoms with Crippen LogP contribution in [0.3, 0.4) is 0 Å². The topological polar surface area (TPSA) is 54.9 Å². The second kappa shape index (κ2) is 13.8. The summed E-state index contributed by atoms with van der Waals surface area (Å²) < 4.78 is 24.6. The molecule has 0 saturated carbocycles. The Morgan fingerprint density at radius 1 is 1.37 bits per heavy atom. The highest BCUT2D eigenvalue weighted by Crippen LogP contribution is 2.14. The molecule has 1 saturated heterocycles. The zero-order valence-electron chi connectivity index (χ0n) is 16.2. The van der Waals surface area contributed by atoms with E-state index in [2.05, 4.69) is 22.5 Å². The molecule has 1 atom stereocenters. The van der Waals surface area contributed by atoms with E-state index in [4.69, 9.17) is 9.47 Å². The van der Waals surface area contributed by atoms with Crippen molar-refractivity contribution in [1.29, 1.82) is 0 Å². The molecule has 1 aliphatic heterocycles. The van der Waals surface area contributed by atoms with Gasteiger partial charge >= 0.3 is 0 Å². The number of nitrogens with one attached hydrogen (secondary N) is 2. The summed E-state index contributed by atoms with van der Waals surface area (Å²) in [5.74, 6) is 2.84. The number of benzene rings is 1. The Kier molecular flexibility index (Phi) is 11.2. The normalized spacial score (nSPS) is 17.3. The molecular weight excluding hydrogens is 365 g/mol. The summed E-state index contributed by atoms with van der Waals surface area (Å²) >= 11 is 1.71. The van der Waals surface area contributed by atoms with Crippen molar-refractivity contribution in [3.63, 3.8) is 0 Å². The number of hydrogen-bond acceptors (Lipinski definition) is 4. The molecule has 1 unspecified atom stereocenters. The zero-order chi connectivity index (χ0) is 19.2. The summed E-state index contributed by atoms with van der Waals surface area (Å²) in [6, 6.07) is 6.94. The molecule has 7 heteroatoms. The molecule has 1 aliphatic rings. The third kappa shape index (κ3) is 9.44. The number of rotatable bonds is 12. The molecule has 0 aromatic heterocycles. The minimum atomic E-state index is -0.129. The molecule has 1 aromatic rings. The first kappa shape index (κ1) is 22.0. The van der Waals surface area contributed by atoms with Crippen molar-refractivity contribution >= 4 is 17.7 Å². The lowest BCUT2D eigenvalue weighted by molar-refractivity contribution is 0.0893. The van der Waals surface area contributed by atoms with Crippen molar-refractivity contribution in [1.82, 2.24) is 10.6 Å². The Bertz CT molecular complexity index is 554. The quantitative estimate of drug-likeness (QED) is 0.323. The summed E-state index contributed by atoms with van der Waals surface area (Å²) in [6.45, 7) is 7.64. The molecule has 152 valence electrons. The molecular formula is C20H32FN3O2S. The fraction of sp³-hybridized carbons (Fsp3) is 0.650. The van der Waals surface area contributed by atoms with Gasteiger partial charge in [-0.25, -0.2) is 4.39 Å². The second-order valence-electron chi connectivity index (χ2n) is 6.49. The van der Waals surface area contributed by atoms with Crippen molar-refractivity contribution in [3.05, 3.63) is 35.6 Å². The van der Waals surface area contributed by atoms with Crippen molar-refractivity contribution in [3.8, 4) is 0 Å². The minimum Gasteiger partial charge on any atom is -0.381 e. The first-order valence-electron chi connectivity index (χ1n) is 9.78. The Hall–Kier alpha value is -1.31. The summed E-state index contributed by atoms with van der Waals surface area (Å²) in [4.78, 5) is 4.57. The second-order valence-corrected chi connectivity index (χ2v) is 7.59. The van der Waals surface area contributed by atoms with Crippen LogP contribution in [0.25, 0.3) is 0 Å². The van der Waals surface area contributed by atoms with Crippen LogP contribution in [0.1, 0.15) is 25.3 Å². The maximum atomic E-state index is 13.6. The predicted octanol–water partition coefficient (Wildman–Crippen LogP) is 3.06. The Labute approximate surface area is 166 Å². The fourth-order valence-corrected chi connectivity index (χ4v) is 3.55. The van der Waals surface area contributed by atoms with E-state index in [1.807, 2.05) is 12.1 Å². The van der Waals surface area contributed by atoms with Gasteiger partial charge in [-0.1, -0.05) is 18.2 Å². The van der Waals surface area contributed by atoms with Gasteiger partial charge in [0.05, 0.1) is 13.2 Å². The van der Waals surface area contributed by atoms with Gasteiger partial charge in [-0.2, -0.15) is 11.8 Å². The number of nitrogens with zero attached hydrogens (tertiary/aromatic N) is 1. The predicted molar refractivity (Wildman–Crippen MR) is 111 cm³/mol. The van der Waals surface area contributed by atoms with Crippen LogP contribution in [-0.4, -0.2) is 57.8 Å². The molecule has 5 nitrogen and oxygen atoms in total. The van der Waals surface area contributed by atoms with Crippen LogP contribution in [0.2, 0.25) is 0 Å². The Balaban J connectivity index is 1.54. The van der Waals surface area contributed by atoms with Crippen molar-refractivity contribution in [2.45, 2.75) is 25.5 Å². The van der Waals surface area contributed by atoms with Crippen LogP contribution < -0.4 is 10.6 Å². The summed E-state index contributed by atoms with van der Waals surface area (Å²) in [7, 11) is 0. The van der Waals surface area contributed by atoms with Crippen molar-refractivity contribution in [2.75, 3.05) is 51.8 Å². The van der Waals surface area contributed by atoms with Gasteiger partial charge in [-0.15, -0.1) is 0 Å². The lowest BCUT2D eigenvalue weighted by atomic mass is 10.1. The maximum absolute atomic E-state index is 13.6. The van der Waals surface area contributed by atoms with Gasteiger partial charge in [0.1, 0.15) is 5.82 Å². The van der Waals surface area contributed by atoms with Gasteiger partial charge in [-0.3, -0.25) is 4.99 Å². The van der Waals surface area contributed by atoms with Gasteiger partial charge in [0.25, 0.3) is 0 Å². The summed E-state index contributed by atoms with van der Waals surface area (Å²) in [5, 5.41) is 6.57. The van der Waals surface area contributed by atoms with Gasteiger partial charge in [-0.05, 0) is 31.4 Å². The largest absolute Gasteiger partial charge is 0.381 e. The van der Waals surface area contributed by atoms with Crippen LogP contribution in [0.15, 0.2) is 29.3 Å². The number of halogens is 1. The SMILES string of the molecule is CCNC(=NCCCOCC1CCOC1)NCCSCc1ccccc1F. The average Bonchev–Trinajstić information content (AvgIpc) is 3.19. The minimum absolute atomic E-state index is 0.129. The third-order valence-electron chi connectivity index (χ3n) is 4.19. The van der Waals surface area contributed by atoms with Gasteiger partial charge in [0, 0.05) is 50.3 Å². The molecule has 2 N–H and O–H groups in total. The number of aliphatic imine (C=N–C) groups is 1. The highest BCUT2D eigenvalue weighted by atomic mass is 32.2. The molecule has 1 heterocycles. The molecule has 0 amide bonds. The van der Waals surface area contributed by atoms with Crippen LogP contribution in [0, 0.1) is 11.7 Å². The Morgan fingerprint density at radius 2 is 2.26 bits per heavy atom. The molecule has 0 radical (unpaired) electrons. The van der Waals surface area contributed by atoms with Gasteiger partial charge in [0.15, 0.2) is 5.96 Å². The van der Waals surface area contributed by atoms with Crippen LogP contribution in [-0.2, 0) is 15.2 Å². The van der Waals surface area contributed by atoms with Crippen LogP contribution in [0.4, 0.5) is 4.39 Å². The molecule has 0 spiro atoms. The van der Waals surface area contributed by atoms with E-state index in [-0.39, 0.29) is 5.82 Å². The average molecular weight is 398 g/mol. The highest BCUT2D eigenvalue weighted by molar-refractivity contribution is 7.98. The fourth-order valence-electron chi connectivity index (χ4n) is 2.70. The molecule has 0 bridgehead atoms. The number of ether oxygens (including phenoxy) is 2. The smallest absolute Gasteiger partial charge is 0.191 e. The highest BCUT2D eigenvalue weighted by Gasteiger charge is 2.15. The third-order valence-corrected chi connectivity index (χ3v) is 5.20. The van der Waals surface area contributed by atoms with E-state index in [0.29, 0.717) is 11.7 Å². The van der Waals surface area contributed by atoms with Crippen LogP contribution in [0.5, 0.6) is 0 Å². The monoisotopic (exact) mass is 397 g/mol. The molecule has 1 fully saturated rings. The summed E-state index contributed by atoms with van der Waals surface area (Å²) in [6.07, 6.45) is 2.02. The Morgan fingerprint density at radius 3 is 3.04 bits per heavy atom. The first-order valence-corrected chi connectivity index (χ1v) is 10.9. The van der Waals surface area contributed by atoms with E-state index < -0.39 is 0 Å². The van der Waals surface area contributed by atoms with Crippen molar-refractivity contribution in [2.24, 2.45) is 10.9 Å². The van der Waals surface area contributed by atoms with Gasteiger partial charge in [0.2, 0.25) is 0 Å². The van der Waals surface area contributed by atoms with E-state index in [0.717, 1.165) is 76.2 Å². The zero-order valence-corrected chi connectivity index (χ0v) is 17.0. The number of hydrogen-bond donors (Lipinski definition) is 2. The summed E-state index contributed by atoms with van der Waals surface area (Å²) in [5.41, 5.74) is 0.757. The lowest BCUT2D eigenvalue weighted by Gasteiger charge is -2.11. The van der Waals surface area contributed by atoms with Crippen molar-refractivity contribution < 1.29 is 13.9 Å². The van der Waals surface area contributed by atoms with E-state index in [1.54, 1.807) is 17.8 Å². The lowest BCUT2D eigenvalue weighted by Crippen LogP contribution is -2.38. The van der Waals surface area contributed by atoms with E-state index >= 15 is 0 Å². The van der Waals surface area contributed by atoms with E-state index in [1.165, 1.54) is 6.07 Å². The number of thioether (sulfide) groups is 1. The maximum Gasteiger partial charge on any atom is 0.191 e. The molecule has 2 rings (SSSR count). The van der Waals surface area contributed by atoms with Gasteiger partial charge < -0.3 is 20.1 Å². The van der Waals surface area contributed by atoms with E-state index in [9.17, 15) is 4.39 Å².